The van der Waals surface area contributed by atoms with Crippen molar-refractivity contribution in [3.8, 4) is 5.75 Å². The maximum absolute atomic E-state index is 13.0. The normalized spacial score (nSPS) is 16.4. The molecule has 1 aliphatic rings. The van der Waals surface area contributed by atoms with E-state index in [1.807, 2.05) is 13.8 Å². The number of carbonyl (C=O) groups excluding carboxylic acids is 1. The number of piperazine rings is 1. The summed E-state index contributed by atoms with van der Waals surface area (Å²) in [4.78, 5) is 13.8. The second kappa shape index (κ2) is 10.2. The Kier molecular flexibility index (Phi) is 7.77. The van der Waals surface area contributed by atoms with Crippen LogP contribution in [0, 0.1) is 0 Å². The number of nitrogens with one attached hydrogen (secondary N) is 1. The van der Waals surface area contributed by atoms with Crippen LogP contribution >= 0.6 is 0 Å². The zero-order chi connectivity index (χ0) is 25.1. The number of ether oxygens (including phenoxy) is 1. The highest BCUT2D eigenvalue weighted by atomic mass is 32.2. The topological polar surface area (TPSA) is 78.9 Å². The van der Waals surface area contributed by atoms with Crippen molar-refractivity contribution in [2.24, 2.45) is 0 Å². The lowest BCUT2D eigenvalue weighted by Gasteiger charge is -2.35. The zero-order valence-electron chi connectivity index (χ0n) is 19.2. The van der Waals surface area contributed by atoms with Crippen molar-refractivity contribution >= 4 is 21.6 Å². The van der Waals surface area contributed by atoms with Crippen LogP contribution in [0.25, 0.3) is 0 Å². The lowest BCUT2D eigenvalue weighted by molar-refractivity contribution is -0.137. The Morgan fingerprint density at radius 1 is 1.00 bits per heavy atom. The van der Waals surface area contributed by atoms with Crippen LogP contribution in [0.4, 0.5) is 18.9 Å². The lowest BCUT2D eigenvalue weighted by atomic mass is 10.1. The van der Waals surface area contributed by atoms with Crippen LogP contribution in [0.3, 0.4) is 0 Å². The maximum Gasteiger partial charge on any atom is 0.416 e. The number of amides is 1. The molecule has 0 spiro atoms. The van der Waals surface area contributed by atoms with Crippen LogP contribution in [-0.2, 0) is 21.0 Å². The second-order valence-electron chi connectivity index (χ2n) is 8.33. The molecule has 34 heavy (non-hydrogen) atoms. The smallest absolute Gasteiger partial charge is 0.416 e. The van der Waals surface area contributed by atoms with Gasteiger partial charge in [-0.15, -0.1) is 0 Å². The summed E-state index contributed by atoms with van der Waals surface area (Å²) in [6.07, 6.45) is -5.18. The molecule has 0 aromatic heterocycles. The predicted molar refractivity (Wildman–Crippen MR) is 122 cm³/mol. The van der Waals surface area contributed by atoms with Crippen LogP contribution in [0.1, 0.15) is 26.3 Å². The van der Waals surface area contributed by atoms with Crippen molar-refractivity contribution in [2.45, 2.75) is 44.0 Å². The monoisotopic (exact) mass is 499 g/mol. The Bertz CT molecular complexity index is 1100. The highest BCUT2D eigenvalue weighted by molar-refractivity contribution is 7.89. The predicted octanol–water partition coefficient (Wildman–Crippen LogP) is 3.51. The van der Waals surface area contributed by atoms with Crippen molar-refractivity contribution < 1.29 is 31.1 Å². The fraction of sp³-hybridized carbons (Fsp3) is 0.435. The molecule has 0 aliphatic carbocycles. The third-order valence-electron chi connectivity index (χ3n) is 5.35. The van der Waals surface area contributed by atoms with Crippen molar-refractivity contribution in [3.05, 3.63) is 54.1 Å². The molecule has 0 radical (unpaired) electrons. The lowest BCUT2D eigenvalue weighted by Crippen LogP contribution is -2.48. The molecule has 1 heterocycles. The molecule has 7 nitrogen and oxygen atoms in total. The summed E-state index contributed by atoms with van der Waals surface area (Å²) in [5, 5.41) is 2.74. The number of benzene rings is 2. The molecule has 2 aromatic carbocycles. The number of halogens is 3. The average Bonchev–Trinajstić information content (AvgIpc) is 2.78. The van der Waals surface area contributed by atoms with Gasteiger partial charge in [-0.2, -0.15) is 17.5 Å². The van der Waals surface area contributed by atoms with E-state index in [2.05, 4.69) is 5.32 Å². The third-order valence-corrected chi connectivity index (χ3v) is 7.26. The van der Waals surface area contributed by atoms with Gasteiger partial charge in [-0.1, -0.05) is 6.07 Å². The van der Waals surface area contributed by atoms with E-state index in [1.165, 1.54) is 34.6 Å². The summed E-state index contributed by atoms with van der Waals surface area (Å²) in [5.74, 6) is 0.0880. The molecule has 3 rings (SSSR count). The Hall–Kier alpha value is -2.79. The van der Waals surface area contributed by atoms with Crippen LogP contribution in [0.5, 0.6) is 5.75 Å². The molecule has 1 atom stereocenters. The molecule has 1 fully saturated rings. The Morgan fingerprint density at radius 2 is 1.62 bits per heavy atom. The first-order valence-corrected chi connectivity index (χ1v) is 12.3. The Morgan fingerprint density at radius 3 is 2.18 bits per heavy atom. The number of anilines is 1. The summed E-state index contributed by atoms with van der Waals surface area (Å²) in [6, 6.07) is 10.8. The number of carbonyl (C=O) groups is 1. The van der Waals surface area contributed by atoms with E-state index in [9.17, 15) is 26.4 Å². The number of hydrogen-bond acceptors (Lipinski definition) is 5. The van der Waals surface area contributed by atoms with Gasteiger partial charge in [-0.3, -0.25) is 4.79 Å². The number of sulfonamides is 1. The van der Waals surface area contributed by atoms with Gasteiger partial charge in [0.05, 0.1) is 10.5 Å². The van der Waals surface area contributed by atoms with E-state index >= 15 is 0 Å². The fourth-order valence-corrected chi connectivity index (χ4v) is 4.99. The summed E-state index contributed by atoms with van der Waals surface area (Å²) < 4.78 is 71.9. The number of rotatable bonds is 7. The zero-order valence-corrected chi connectivity index (χ0v) is 20.0. The first-order chi connectivity index (χ1) is 15.9. The van der Waals surface area contributed by atoms with Crippen molar-refractivity contribution in [1.82, 2.24) is 9.62 Å². The van der Waals surface area contributed by atoms with Gasteiger partial charge in [0, 0.05) is 37.9 Å². The molecular formula is C23H28F3N3O4S. The van der Waals surface area contributed by atoms with Gasteiger partial charge in [0.25, 0.3) is 5.91 Å². The molecule has 0 unspecified atom stereocenters. The maximum atomic E-state index is 13.0. The van der Waals surface area contributed by atoms with Crippen molar-refractivity contribution in [3.63, 3.8) is 0 Å². The minimum atomic E-state index is -4.44. The molecule has 1 aliphatic heterocycles. The average molecular weight is 500 g/mol. The SMILES string of the molecule is CC(C)NC(=O)[C@H](C)Oc1ccc(S(=O)(=O)N2CCN(c3cccc(C(F)(F)F)c3)CC2)cc1. The largest absolute Gasteiger partial charge is 0.481 e. The Labute approximate surface area is 197 Å². The van der Waals surface area contributed by atoms with Gasteiger partial charge in [-0.05, 0) is 63.2 Å². The van der Waals surface area contributed by atoms with Gasteiger partial charge < -0.3 is 15.0 Å². The van der Waals surface area contributed by atoms with Gasteiger partial charge in [0.15, 0.2) is 6.10 Å². The van der Waals surface area contributed by atoms with E-state index < -0.39 is 27.9 Å². The summed E-state index contributed by atoms with van der Waals surface area (Å²) in [6.45, 7) is 6.10. The van der Waals surface area contributed by atoms with Crippen LogP contribution < -0.4 is 15.0 Å². The molecule has 1 amide bonds. The summed E-state index contributed by atoms with van der Waals surface area (Å²) in [7, 11) is -3.78. The Balaban J connectivity index is 1.63. The fourth-order valence-electron chi connectivity index (χ4n) is 3.56. The van der Waals surface area contributed by atoms with Crippen LogP contribution in [-0.4, -0.2) is 57.0 Å². The second-order valence-corrected chi connectivity index (χ2v) is 10.3. The number of hydrogen-bond donors (Lipinski definition) is 1. The third kappa shape index (κ3) is 6.20. The highest BCUT2D eigenvalue weighted by Gasteiger charge is 2.32. The minimum absolute atomic E-state index is 0.0277. The van der Waals surface area contributed by atoms with Gasteiger partial charge in [-0.25, -0.2) is 8.42 Å². The standard InChI is InChI=1S/C23H28F3N3O4S/c1-16(2)27-22(30)17(3)33-20-7-9-21(10-8-20)34(31,32)29-13-11-28(12-14-29)19-6-4-5-18(15-19)23(24,25)26/h4-10,15-17H,11-14H2,1-3H3,(H,27,30)/t17-/m0/s1. The molecule has 1 N–H and O–H groups in total. The summed E-state index contributed by atoms with van der Waals surface area (Å²) >= 11 is 0. The molecule has 1 saturated heterocycles. The molecular weight excluding hydrogens is 471 g/mol. The molecule has 186 valence electrons. The number of nitrogens with zero attached hydrogens (tertiary/aromatic N) is 2. The molecule has 11 heteroatoms. The summed E-state index contributed by atoms with van der Waals surface area (Å²) in [5.41, 5.74) is -0.331. The van der Waals surface area contributed by atoms with E-state index in [-0.39, 0.29) is 43.0 Å². The minimum Gasteiger partial charge on any atom is -0.481 e. The van der Waals surface area contributed by atoms with Crippen LogP contribution in [0.2, 0.25) is 0 Å². The first kappa shape index (κ1) is 25.8. The molecule has 0 bridgehead atoms. The van der Waals surface area contributed by atoms with Gasteiger partial charge in [0.2, 0.25) is 10.0 Å². The molecule has 2 aromatic rings. The van der Waals surface area contributed by atoms with E-state index in [0.717, 1.165) is 12.1 Å². The van der Waals surface area contributed by atoms with Crippen molar-refractivity contribution in [1.29, 1.82) is 0 Å². The van der Waals surface area contributed by atoms with Gasteiger partial charge >= 0.3 is 6.18 Å². The molecule has 0 saturated carbocycles. The first-order valence-electron chi connectivity index (χ1n) is 10.9. The van der Waals surface area contributed by atoms with E-state index in [0.29, 0.717) is 11.4 Å². The van der Waals surface area contributed by atoms with Crippen LogP contribution in [0.15, 0.2) is 53.4 Å². The van der Waals surface area contributed by atoms with E-state index in [1.54, 1.807) is 17.9 Å². The quantitative estimate of drug-likeness (QED) is 0.631. The van der Waals surface area contributed by atoms with Crippen molar-refractivity contribution in [2.75, 3.05) is 31.1 Å². The highest BCUT2D eigenvalue weighted by Crippen LogP contribution is 2.32. The number of alkyl halides is 3. The van der Waals surface area contributed by atoms with Gasteiger partial charge in [0.1, 0.15) is 5.75 Å². The van der Waals surface area contributed by atoms with E-state index in [4.69, 9.17) is 4.74 Å².